The fraction of sp³-hybridized carbons (Fsp3) is 0.250. The number of fused-ring (bicyclic) bond motifs is 1. The number of likely N-dealkylation sites (tertiary alicyclic amines) is 1. The van der Waals surface area contributed by atoms with Gasteiger partial charge in [0.25, 0.3) is 10.0 Å². The zero-order valence-corrected chi connectivity index (χ0v) is 16.9. The minimum Gasteiger partial charge on any atom is -0.351 e. The van der Waals surface area contributed by atoms with Gasteiger partial charge in [0.1, 0.15) is 10.9 Å². The average Bonchev–Trinajstić information content (AvgIpc) is 3.30. The molecular formula is C20H21N5O4S. The standard InChI is InChI=1S/C20H21N5O4S/c21-20(27)23-14-9-7-13(8-10-14)12-22-19(26)16-5-3-11-25(16)18-15-4-1-2-6-17(15)30(28,29)24-18/h1-2,4,6-10,16H,3,5,11-12H2,(H,22,26)(H3,21,23,27)/t16-/m0/s1. The first-order valence-electron chi connectivity index (χ1n) is 9.49. The molecule has 1 atom stereocenters. The van der Waals surface area contributed by atoms with Crippen molar-refractivity contribution in [2.45, 2.75) is 30.3 Å². The Morgan fingerprint density at radius 3 is 2.60 bits per heavy atom. The first-order valence-corrected chi connectivity index (χ1v) is 10.9. The lowest BCUT2D eigenvalue weighted by Gasteiger charge is -2.25. The normalized spacial score (nSPS) is 19.1. The van der Waals surface area contributed by atoms with Gasteiger partial charge in [-0.15, -0.1) is 4.40 Å². The summed E-state index contributed by atoms with van der Waals surface area (Å²) in [6, 6.07) is 12.5. The predicted molar refractivity (Wildman–Crippen MR) is 111 cm³/mol. The average molecular weight is 427 g/mol. The number of rotatable bonds is 4. The van der Waals surface area contributed by atoms with Gasteiger partial charge in [0.05, 0.1) is 0 Å². The Labute approximate surface area is 174 Å². The summed E-state index contributed by atoms with van der Waals surface area (Å²) >= 11 is 0. The van der Waals surface area contributed by atoms with Crippen molar-refractivity contribution in [2.24, 2.45) is 10.1 Å². The number of benzene rings is 2. The third kappa shape index (κ3) is 3.86. The van der Waals surface area contributed by atoms with E-state index >= 15 is 0 Å². The minimum absolute atomic E-state index is 0.177. The maximum Gasteiger partial charge on any atom is 0.316 e. The second-order valence-corrected chi connectivity index (χ2v) is 8.71. The van der Waals surface area contributed by atoms with Crippen LogP contribution in [0.2, 0.25) is 0 Å². The topological polar surface area (TPSA) is 134 Å². The molecule has 0 unspecified atom stereocenters. The van der Waals surface area contributed by atoms with Crippen LogP contribution < -0.4 is 16.4 Å². The molecule has 0 saturated carbocycles. The lowest BCUT2D eigenvalue weighted by molar-refractivity contribution is -0.124. The molecule has 0 spiro atoms. The maximum absolute atomic E-state index is 12.8. The summed E-state index contributed by atoms with van der Waals surface area (Å²) in [4.78, 5) is 25.7. The Morgan fingerprint density at radius 2 is 1.87 bits per heavy atom. The quantitative estimate of drug-likeness (QED) is 0.678. The van der Waals surface area contributed by atoms with Gasteiger partial charge >= 0.3 is 6.03 Å². The Hall–Kier alpha value is -3.40. The largest absolute Gasteiger partial charge is 0.351 e. The molecule has 0 aromatic heterocycles. The molecule has 1 saturated heterocycles. The SMILES string of the molecule is NC(=O)Nc1ccc(CNC(=O)[C@@H]2CCCN2C2=NS(=O)(=O)c3ccccc32)cc1. The first-order chi connectivity index (χ1) is 14.3. The van der Waals surface area contributed by atoms with Gasteiger partial charge in [0.2, 0.25) is 5.91 Å². The van der Waals surface area contributed by atoms with Gasteiger partial charge in [0, 0.05) is 24.3 Å². The number of amides is 3. The van der Waals surface area contributed by atoms with E-state index in [4.69, 9.17) is 5.73 Å². The molecule has 156 valence electrons. The molecule has 10 heteroatoms. The van der Waals surface area contributed by atoms with Crippen LogP contribution in [-0.2, 0) is 21.4 Å². The summed E-state index contributed by atoms with van der Waals surface area (Å²) < 4.78 is 28.7. The third-order valence-electron chi connectivity index (χ3n) is 5.13. The van der Waals surface area contributed by atoms with Crippen molar-refractivity contribution in [1.29, 1.82) is 0 Å². The highest BCUT2D eigenvalue weighted by Gasteiger charge is 2.39. The molecule has 2 aromatic rings. The van der Waals surface area contributed by atoms with Crippen molar-refractivity contribution >= 4 is 33.5 Å². The van der Waals surface area contributed by atoms with E-state index in [1.165, 1.54) is 6.07 Å². The van der Waals surface area contributed by atoms with Crippen molar-refractivity contribution < 1.29 is 18.0 Å². The molecule has 0 radical (unpaired) electrons. The van der Waals surface area contributed by atoms with Crippen LogP contribution >= 0.6 is 0 Å². The number of amidine groups is 1. The lowest BCUT2D eigenvalue weighted by atomic mass is 10.1. The summed E-state index contributed by atoms with van der Waals surface area (Å²) in [5.74, 6) is 0.154. The first kappa shape index (κ1) is 19.9. The summed E-state index contributed by atoms with van der Waals surface area (Å²) in [6.07, 6.45) is 1.39. The molecule has 2 aliphatic heterocycles. The molecular weight excluding hydrogens is 406 g/mol. The number of carbonyl (C=O) groups is 2. The molecule has 4 N–H and O–H groups in total. The van der Waals surface area contributed by atoms with Crippen LogP contribution in [0.4, 0.5) is 10.5 Å². The number of hydrogen-bond acceptors (Lipinski definition) is 5. The van der Waals surface area contributed by atoms with E-state index in [1.54, 1.807) is 47.4 Å². The number of hydrogen-bond donors (Lipinski definition) is 3. The molecule has 3 amide bonds. The van der Waals surface area contributed by atoms with Gasteiger partial charge in [0.15, 0.2) is 5.84 Å². The number of nitrogens with two attached hydrogens (primary N) is 1. The van der Waals surface area contributed by atoms with E-state index in [0.717, 1.165) is 12.0 Å². The molecule has 2 heterocycles. The molecule has 2 aliphatic rings. The van der Waals surface area contributed by atoms with E-state index in [2.05, 4.69) is 15.0 Å². The summed E-state index contributed by atoms with van der Waals surface area (Å²) in [5.41, 5.74) is 7.04. The van der Waals surface area contributed by atoms with E-state index in [1.807, 2.05) is 0 Å². The molecule has 2 aromatic carbocycles. The summed E-state index contributed by atoms with van der Waals surface area (Å²) in [7, 11) is -3.73. The zero-order valence-electron chi connectivity index (χ0n) is 16.0. The Bertz CT molecular complexity index is 1130. The van der Waals surface area contributed by atoms with Gasteiger partial charge in [-0.25, -0.2) is 4.79 Å². The van der Waals surface area contributed by atoms with E-state index in [-0.39, 0.29) is 10.8 Å². The number of carbonyl (C=O) groups excluding carboxylic acids is 2. The number of primary amides is 1. The third-order valence-corrected chi connectivity index (χ3v) is 6.45. The molecule has 9 nitrogen and oxygen atoms in total. The molecule has 0 bridgehead atoms. The Morgan fingerprint density at radius 1 is 1.13 bits per heavy atom. The number of nitrogens with zero attached hydrogens (tertiary/aromatic N) is 2. The number of sulfonamides is 1. The van der Waals surface area contributed by atoms with Crippen molar-refractivity contribution in [1.82, 2.24) is 10.2 Å². The van der Waals surface area contributed by atoms with Crippen LogP contribution in [0.3, 0.4) is 0 Å². The van der Waals surface area contributed by atoms with Crippen molar-refractivity contribution in [3.8, 4) is 0 Å². The summed E-state index contributed by atoms with van der Waals surface area (Å²) in [6.45, 7) is 0.871. The Balaban J connectivity index is 1.45. The van der Waals surface area contributed by atoms with Crippen LogP contribution in [0.15, 0.2) is 57.8 Å². The van der Waals surface area contributed by atoms with Crippen molar-refractivity contribution in [2.75, 3.05) is 11.9 Å². The molecule has 30 heavy (non-hydrogen) atoms. The van der Waals surface area contributed by atoms with Crippen LogP contribution in [0.25, 0.3) is 0 Å². The lowest BCUT2D eigenvalue weighted by Crippen LogP contribution is -2.45. The number of urea groups is 1. The second-order valence-electron chi connectivity index (χ2n) is 7.14. The Kier molecular flexibility index (Phi) is 5.17. The van der Waals surface area contributed by atoms with Crippen LogP contribution in [0.1, 0.15) is 24.0 Å². The van der Waals surface area contributed by atoms with Crippen LogP contribution in [0.5, 0.6) is 0 Å². The van der Waals surface area contributed by atoms with E-state index in [9.17, 15) is 18.0 Å². The minimum atomic E-state index is -3.73. The van der Waals surface area contributed by atoms with Gasteiger partial charge in [-0.3, -0.25) is 4.79 Å². The highest BCUT2D eigenvalue weighted by molar-refractivity contribution is 7.90. The van der Waals surface area contributed by atoms with Gasteiger partial charge in [-0.05, 0) is 42.7 Å². The predicted octanol–water partition coefficient (Wildman–Crippen LogP) is 1.41. The fourth-order valence-electron chi connectivity index (χ4n) is 3.74. The number of anilines is 1. The van der Waals surface area contributed by atoms with Gasteiger partial charge in [-0.1, -0.05) is 24.3 Å². The van der Waals surface area contributed by atoms with Crippen molar-refractivity contribution in [3.63, 3.8) is 0 Å². The zero-order chi connectivity index (χ0) is 21.3. The fourth-order valence-corrected chi connectivity index (χ4v) is 4.96. The molecule has 0 aliphatic carbocycles. The molecule has 4 rings (SSSR count). The summed E-state index contributed by atoms with van der Waals surface area (Å²) in [5, 5.41) is 5.38. The van der Waals surface area contributed by atoms with Gasteiger partial charge in [-0.2, -0.15) is 8.42 Å². The van der Waals surface area contributed by atoms with E-state index < -0.39 is 22.1 Å². The second kappa shape index (κ2) is 7.79. The van der Waals surface area contributed by atoms with Crippen LogP contribution in [-0.4, -0.2) is 43.7 Å². The van der Waals surface area contributed by atoms with Gasteiger partial charge < -0.3 is 21.3 Å². The van der Waals surface area contributed by atoms with Crippen LogP contribution in [0, 0.1) is 0 Å². The van der Waals surface area contributed by atoms with E-state index in [0.29, 0.717) is 36.6 Å². The molecule has 1 fully saturated rings. The highest BCUT2D eigenvalue weighted by Crippen LogP contribution is 2.31. The highest BCUT2D eigenvalue weighted by atomic mass is 32.2. The smallest absolute Gasteiger partial charge is 0.316 e. The number of nitrogens with one attached hydrogen (secondary N) is 2. The maximum atomic E-state index is 12.8. The van der Waals surface area contributed by atoms with Crippen molar-refractivity contribution in [3.05, 3.63) is 59.7 Å². The monoisotopic (exact) mass is 427 g/mol.